The number of carbonyl (C=O) groups is 2. The molecule has 1 aromatic carbocycles. The van der Waals surface area contributed by atoms with E-state index in [1.54, 1.807) is 36.9 Å². The Kier molecular flexibility index (Phi) is 3.74. The molecule has 0 radical (unpaired) electrons. The van der Waals surface area contributed by atoms with Crippen LogP contribution >= 0.6 is 0 Å². The SMILES string of the molecule is Cc1nc2cccc(C(=O)O)c2n1CCC(=O)N(C)C. The highest BCUT2D eigenvalue weighted by Gasteiger charge is 2.16. The van der Waals surface area contributed by atoms with E-state index in [-0.39, 0.29) is 11.5 Å². The quantitative estimate of drug-likeness (QED) is 0.918. The molecule has 2 rings (SSSR count). The van der Waals surface area contributed by atoms with Crippen LogP contribution in [0.2, 0.25) is 0 Å². The third kappa shape index (κ3) is 2.49. The smallest absolute Gasteiger partial charge is 0.337 e. The molecular formula is C14H17N3O3. The largest absolute Gasteiger partial charge is 0.478 e. The molecule has 0 aliphatic heterocycles. The van der Waals surface area contributed by atoms with Crippen molar-refractivity contribution in [1.29, 1.82) is 0 Å². The van der Waals surface area contributed by atoms with Crippen molar-refractivity contribution in [2.75, 3.05) is 14.1 Å². The molecule has 0 atom stereocenters. The third-order valence-electron chi connectivity index (χ3n) is 3.24. The number of hydrogen-bond acceptors (Lipinski definition) is 3. The van der Waals surface area contributed by atoms with Crippen LogP contribution in [0.1, 0.15) is 22.6 Å². The molecule has 6 nitrogen and oxygen atoms in total. The minimum Gasteiger partial charge on any atom is -0.478 e. The van der Waals surface area contributed by atoms with Gasteiger partial charge in [-0.25, -0.2) is 9.78 Å². The zero-order chi connectivity index (χ0) is 14.9. The highest BCUT2D eigenvalue weighted by atomic mass is 16.4. The maximum absolute atomic E-state index is 11.7. The number of amides is 1. The lowest BCUT2D eigenvalue weighted by atomic mass is 10.2. The fourth-order valence-corrected chi connectivity index (χ4v) is 2.18. The summed E-state index contributed by atoms with van der Waals surface area (Å²) in [5.74, 6) is -0.282. The van der Waals surface area contributed by atoms with Gasteiger partial charge in [0.2, 0.25) is 5.91 Å². The molecule has 0 aliphatic carbocycles. The molecule has 2 aromatic rings. The molecule has 0 bridgehead atoms. The van der Waals surface area contributed by atoms with Gasteiger partial charge >= 0.3 is 5.97 Å². The second-order valence-electron chi connectivity index (χ2n) is 4.83. The number of carboxylic acids is 1. The summed E-state index contributed by atoms with van der Waals surface area (Å²) in [5, 5.41) is 9.27. The number of rotatable bonds is 4. The summed E-state index contributed by atoms with van der Waals surface area (Å²) in [6.07, 6.45) is 0.313. The number of imidazole rings is 1. The number of carbonyl (C=O) groups excluding carboxylic acids is 1. The van der Waals surface area contributed by atoms with Crippen molar-refractivity contribution in [1.82, 2.24) is 14.5 Å². The normalized spacial score (nSPS) is 10.8. The number of aromatic carboxylic acids is 1. The van der Waals surface area contributed by atoms with E-state index in [9.17, 15) is 14.7 Å². The van der Waals surface area contributed by atoms with Crippen LogP contribution in [0.4, 0.5) is 0 Å². The van der Waals surface area contributed by atoms with Crippen LogP contribution < -0.4 is 0 Å². The molecule has 6 heteroatoms. The Balaban J connectivity index is 2.44. The number of para-hydroxylation sites is 1. The van der Waals surface area contributed by atoms with E-state index in [4.69, 9.17) is 0 Å². The van der Waals surface area contributed by atoms with Gasteiger partial charge in [-0.1, -0.05) is 6.07 Å². The number of benzene rings is 1. The summed E-state index contributed by atoms with van der Waals surface area (Å²) in [7, 11) is 3.40. The molecule has 1 N–H and O–H groups in total. The van der Waals surface area contributed by atoms with Crippen molar-refractivity contribution in [2.24, 2.45) is 0 Å². The molecule has 0 fully saturated rings. The Bertz CT molecular complexity index is 674. The minimum atomic E-state index is -0.990. The molecule has 0 spiro atoms. The average Bonchev–Trinajstić information content (AvgIpc) is 2.70. The number of fused-ring (bicyclic) bond motifs is 1. The van der Waals surface area contributed by atoms with E-state index < -0.39 is 5.97 Å². The summed E-state index contributed by atoms with van der Waals surface area (Å²) >= 11 is 0. The molecule has 0 unspecified atom stereocenters. The van der Waals surface area contributed by atoms with Crippen LogP contribution in [-0.2, 0) is 11.3 Å². The van der Waals surface area contributed by atoms with Gasteiger partial charge in [-0.2, -0.15) is 0 Å². The van der Waals surface area contributed by atoms with Gasteiger partial charge in [0.1, 0.15) is 5.82 Å². The van der Waals surface area contributed by atoms with E-state index >= 15 is 0 Å². The Labute approximate surface area is 116 Å². The van der Waals surface area contributed by atoms with Crippen molar-refractivity contribution < 1.29 is 14.7 Å². The molecule has 1 heterocycles. The average molecular weight is 275 g/mol. The van der Waals surface area contributed by atoms with Crippen molar-refractivity contribution in [2.45, 2.75) is 19.9 Å². The van der Waals surface area contributed by atoms with E-state index in [1.165, 1.54) is 4.90 Å². The first kappa shape index (κ1) is 14.0. The number of aryl methyl sites for hydroxylation is 2. The van der Waals surface area contributed by atoms with Crippen LogP contribution in [0.15, 0.2) is 18.2 Å². The molecule has 1 aromatic heterocycles. The van der Waals surface area contributed by atoms with E-state index in [2.05, 4.69) is 4.98 Å². The second-order valence-corrected chi connectivity index (χ2v) is 4.83. The Morgan fingerprint density at radius 1 is 1.35 bits per heavy atom. The van der Waals surface area contributed by atoms with E-state index in [0.29, 0.717) is 29.8 Å². The van der Waals surface area contributed by atoms with Gasteiger partial charge in [0, 0.05) is 27.1 Å². The molecule has 106 valence electrons. The van der Waals surface area contributed by atoms with Crippen molar-refractivity contribution in [3.05, 3.63) is 29.6 Å². The maximum atomic E-state index is 11.7. The number of nitrogens with zero attached hydrogens (tertiary/aromatic N) is 3. The van der Waals surface area contributed by atoms with Crippen LogP contribution in [0.25, 0.3) is 11.0 Å². The van der Waals surface area contributed by atoms with Gasteiger partial charge in [0.05, 0.1) is 16.6 Å². The first-order valence-corrected chi connectivity index (χ1v) is 6.31. The Hall–Kier alpha value is -2.37. The highest BCUT2D eigenvalue weighted by molar-refractivity contribution is 6.01. The number of carboxylic acid groups (broad SMARTS) is 1. The fourth-order valence-electron chi connectivity index (χ4n) is 2.18. The first-order valence-electron chi connectivity index (χ1n) is 6.31. The summed E-state index contributed by atoms with van der Waals surface area (Å²) in [5.41, 5.74) is 1.42. The standard InChI is InChI=1S/C14H17N3O3/c1-9-15-11-6-4-5-10(14(19)20)13(11)17(9)8-7-12(18)16(2)3/h4-6H,7-8H2,1-3H3,(H,19,20). The van der Waals surface area contributed by atoms with Crippen LogP contribution in [0.3, 0.4) is 0 Å². The molecule has 0 saturated carbocycles. The number of aromatic nitrogens is 2. The Morgan fingerprint density at radius 2 is 2.05 bits per heavy atom. The van der Waals surface area contributed by atoms with Crippen molar-refractivity contribution in [3.63, 3.8) is 0 Å². The third-order valence-corrected chi connectivity index (χ3v) is 3.24. The monoisotopic (exact) mass is 275 g/mol. The van der Waals surface area contributed by atoms with Gasteiger partial charge in [-0.15, -0.1) is 0 Å². The molecule has 0 saturated heterocycles. The van der Waals surface area contributed by atoms with Crippen LogP contribution in [0.5, 0.6) is 0 Å². The summed E-state index contributed by atoms with van der Waals surface area (Å²) < 4.78 is 1.79. The fraction of sp³-hybridized carbons (Fsp3) is 0.357. The zero-order valence-electron chi connectivity index (χ0n) is 11.8. The van der Waals surface area contributed by atoms with E-state index in [1.807, 2.05) is 6.92 Å². The molecule has 20 heavy (non-hydrogen) atoms. The minimum absolute atomic E-state index is 0.000874. The first-order chi connectivity index (χ1) is 9.41. The number of hydrogen-bond donors (Lipinski definition) is 1. The predicted octanol–water partition coefficient (Wildman–Crippen LogP) is 1.52. The van der Waals surface area contributed by atoms with Gasteiger partial charge in [0.15, 0.2) is 0 Å². The summed E-state index contributed by atoms with van der Waals surface area (Å²) in [4.78, 5) is 28.9. The van der Waals surface area contributed by atoms with Gasteiger partial charge in [0.25, 0.3) is 0 Å². The lowest BCUT2D eigenvalue weighted by Crippen LogP contribution is -2.23. The topological polar surface area (TPSA) is 75.4 Å². The molecule has 1 amide bonds. The molecular weight excluding hydrogens is 258 g/mol. The highest BCUT2D eigenvalue weighted by Crippen LogP contribution is 2.21. The van der Waals surface area contributed by atoms with E-state index in [0.717, 1.165) is 0 Å². The van der Waals surface area contributed by atoms with Gasteiger partial charge in [-0.3, -0.25) is 4.79 Å². The predicted molar refractivity (Wildman–Crippen MR) is 74.7 cm³/mol. The van der Waals surface area contributed by atoms with Crippen LogP contribution in [0, 0.1) is 6.92 Å². The summed E-state index contributed by atoms with van der Waals surface area (Å²) in [6.45, 7) is 2.23. The lowest BCUT2D eigenvalue weighted by Gasteiger charge is -2.12. The molecule has 0 aliphatic rings. The van der Waals surface area contributed by atoms with Crippen LogP contribution in [-0.4, -0.2) is 45.5 Å². The Morgan fingerprint density at radius 3 is 2.65 bits per heavy atom. The van der Waals surface area contributed by atoms with Crippen molar-refractivity contribution >= 4 is 22.9 Å². The maximum Gasteiger partial charge on any atom is 0.337 e. The lowest BCUT2D eigenvalue weighted by molar-refractivity contribution is -0.128. The van der Waals surface area contributed by atoms with Gasteiger partial charge in [-0.05, 0) is 19.1 Å². The van der Waals surface area contributed by atoms with Gasteiger partial charge < -0.3 is 14.6 Å². The zero-order valence-corrected chi connectivity index (χ0v) is 11.8. The van der Waals surface area contributed by atoms with Crippen molar-refractivity contribution in [3.8, 4) is 0 Å². The summed E-state index contributed by atoms with van der Waals surface area (Å²) in [6, 6.07) is 5.00. The second kappa shape index (κ2) is 5.32.